The molecule has 5 nitrogen and oxygen atoms in total. The Morgan fingerprint density at radius 1 is 0.897 bits per heavy atom. The van der Waals surface area contributed by atoms with Crippen molar-refractivity contribution in [3.63, 3.8) is 0 Å². The fourth-order valence-corrected chi connectivity index (χ4v) is 4.27. The first-order valence-corrected chi connectivity index (χ1v) is 10.0. The summed E-state index contributed by atoms with van der Waals surface area (Å²) in [5.41, 5.74) is 5.48. The monoisotopic (exact) mass is 399 g/mol. The summed E-state index contributed by atoms with van der Waals surface area (Å²) in [6.45, 7) is 0. The van der Waals surface area contributed by atoms with Gasteiger partial charge in [-0.05, 0) is 40.3 Å². The molecule has 0 fully saturated rings. The highest BCUT2D eigenvalue weighted by molar-refractivity contribution is 7.14. The van der Waals surface area contributed by atoms with Gasteiger partial charge in [0.1, 0.15) is 5.75 Å². The standard InChI is InChI=1S/C23H17N3O2S/c27-19-8-6-15(7-9-19)10-17-12-24-22-20(13-25-26(22)23(17)28)21-11-18(14-29-21)16-4-2-1-3-5-16/h1-9,11-14,27-28H,10H2. The highest BCUT2D eigenvalue weighted by atomic mass is 32.1. The Kier molecular flexibility index (Phi) is 4.26. The molecule has 0 atom stereocenters. The number of hydrogen-bond acceptors (Lipinski definition) is 5. The van der Waals surface area contributed by atoms with Crippen molar-refractivity contribution in [2.45, 2.75) is 6.42 Å². The topological polar surface area (TPSA) is 70.7 Å². The van der Waals surface area contributed by atoms with Crippen LogP contribution >= 0.6 is 11.3 Å². The van der Waals surface area contributed by atoms with Crippen LogP contribution in [-0.2, 0) is 6.42 Å². The summed E-state index contributed by atoms with van der Waals surface area (Å²) in [6, 6.07) is 19.3. The number of aromatic nitrogens is 3. The largest absolute Gasteiger partial charge is 0.508 e. The van der Waals surface area contributed by atoms with Gasteiger partial charge in [-0.2, -0.15) is 9.61 Å². The zero-order chi connectivity index (χ0) is 19.8. The molecule has 5 rings (SSSR count). The number of rotatable bonds is 4. The Bertz CT molecular complexity index is 1290. The van der Waals surface area contributed by atoms with Crippen molar-refractivity contribution in [3.8, 4) is 33.2 Å². The van der Waals surface area contributed by atoms with Gasteiger partial charge in [-0.3, -0.25) is 0 Å². The van der Waals surface area contributed by atoms with Crippen molar-refractivity contribution in [2.24, 2.45) is 0 Å². The van der Waals surface area contributed by atoms with E-state index in [0.29, 0.717) is 17.6 Å². The van der Waals surface area contributed by atoms with E-state index in [1.54, 1.807) is 35.9 Å². The van der Waals surface area contributed by atoms with Crippen molar-refractivity contribution in [1.29, 1.82) is 0 Å². The lowest BCUT2D eigenvalue weighted by Gasteiger charge is -2.06. The molecule has 2 aromatic carbocycles. The molecule has 5 aromatic rings. The Hall–Kier alpha value is -3.64. The van der Waals surface area contributed by atoms with Crippen LogP contribution in [0.4, 0.5) is 0 Å². The Balaban J connectivity index is 1.50. The van der Waals surface area contributed by atoms with E-state index in [9.17, 15) is 10.2 Å². The Morgan fingerprint density at radius 2 is 1.69 bits per heavy atom. The van der Waals surface area contributed by atoms with E-state index in [0.717, 1.165) is 21.6 Å². The summed E-state index contributed by atoms with van der Waals surface area (Å²) < 4.78 is 1.48. The van der Waals surface area contributed by atoms with Crippen LogP contribution < -0.4 is 0 Å². The van der Waals surface area contributed by atoms with Crippen LogP contribution in [0.3, 0.4) is 0 Å². The molecular formula is C23H17N3O2S. The lowest BCUT2D eigenvalue weighted by atomic mass is 10.1. The number of phenolic OH excluding ortho intramolecular Hbond substituents is 1. The third-order valence-electron chi connectivity index (χ3n) is 4.88. The molecular weight excluding hydrogens is 382 g/mol. The summed E-state index contributed by atoms with van der Waals surface area (Å²) >= 11 is 1.63. The van der Waals surface area contributed by atoms with E-state index in [1.165, 1.54) is 10.1 Å². The average molecular weight is 399 g/mol. The van der Waals surface area contributed by atoms with Gasteiger partial charge in [0.2, 0.25) is 5.88 Å². The van der Waals surface area contributed by atoms with Gasteiger partial charge in [0.05, 0.1) is 11.8 Å². The molecule has 0 saturated heterocycles. The maximum Gasteiger partial charge on any atom is 0.219 e. The molecule has 3 heterocycles. The second-order valence-corrected chi connectivity index (χ2v) is 7.72. The molecule has 0 spiro atoms. The van der Waals surface area contributed by atoms with E-state index in [4.69, 9.17) is 0 Å². The quantitative estimate of drug-likeness (QED) is 0.440. The summed E-state index contributed by atoms with van der Waals surface area (Å²) in [7, 11) is 0. The Morgan fingerprint density at radius 3 is 2.48 bits per heavy atom. The Labute approximate surface area is 171 Å². The van der Waals surface area contributed by atoms with Crippen LogP contribution in [0.5, 0.6) is 11.6 Å². The number of thiophene rings is 1. The van der Waals surface area contributed by atoms with Gasteiger partial charge in [0.25, 0.3) is 0 Å². The van der Waals surface area contributed by atoms with Crippen LogP contribution in [0.2, 0.25) is 0 Å². The minimum absolute atomic E-state index is 0.0779. The molecule has 0 aliphatic heterocycles. The van der Waals surface area contributed by atoms with Gasteiger partial charge in [0, 0.05) is 23.1 Å². The van der Waals surface area contributed by atoms with Crippen molar-refractivity contribution in [3.05, 3.63) is 89.6 Å². The molecule has 142 valence electrons. The SMILES string of the molecule is Oc1ccc(Cc2cnc3c(-c4cc(-c5ccccc5)cs4)cnn3c2O)cc1. The maximum absolute atomic E-state index is 10.7. The molecule has 0 unspecified atom stereocenters. The van der Waals surface area contributed by atoms with Crippen LogP contribution in [0.1, 0.15) is 11.1 Å². The molecule has 0 radical (unpaired) electrons. The summed E-state index contributed by atoms with van der Waals surface area (Å²) in [6.07, 6.45) is 3.93. The van der Waals surface area contributed by atoms with Crippen molar-refractivity contribution >= 4 is 17.0 Å². The molecule has 0 amide bonds. The molecule has 6 heteroatoms. The zero-order valence-electron chi connectivity index (χ0n) is 15.4. The first-order chi connectivity index (χ1) is 14.2. The smallest absolute Gasteiger partial charge is 0.219 e. The average Bonchev–Trinajstić information content (AvgIpc) is 3.40. The highest BCUT2D eigenvalue weighted by Gasteiger charge is 2.16. The number of hydrogen-bond donors (Lipinski definition) is 2. The van der Waals surface area contributed by atoms with Gasteiger partial charge in [-0.1, -0.05) is 42.5 Å². The van der Waals surface area contributed by atoms with E-state index in [-0.39, 0.29) is 11.6 Å². The molecule has 3 aromatic heterocycles. The van der Waals surface area contributed by atoms with Gasteiger partial charge < -0.3 is 10.2 Å². The van der Waals surface area contributed by atoms with E-state index >= 15 is 0 Å². The maximum atomic E-state index is 10.7. The van der Waals surface area contributed by atoms with Crippen LogP contribution in [0.25, 0.3) is 27.2 Å². The van der Waals surface area contributed by atoms with Crippen LogP contribution in [-0.4, -0.2) is 24.8 Å². The number of benzene rings is 2. The number of phenols is 1. The van der Waals surface area contributed by atoms with Gasteiger partial charge in [-0.25, -0.2) is 4.98 Å². The molecule has 0 aliphatic rings. The van der Waals surface area contributed by atoms with Gasteiger partial charge >= 0.3 is 0 Å². The lowest BCUT2D eigenvalue weighted by Crippen LogP contribution is -1.98. The first-order valence-electron chi connectivity index (χ1n) is 9.16. The summed E-state index contributed by atoms with van der Waals surface area (Å²) in [4.78, 5) is 5.62. The second kappa shape index (κ2) is 7.07. The number of aromatic hydroxyl groups is 2. The fourth-order valence-electron chi connectivity index (χ4n) is 3.35. The molecule has 2 N–H and O–H groups in total. The predicted octanol–water partition coefficient (Wildman–Crippen LogP) is 5.13. The molecule has 0 saturated carbocycles. The molecule has 0 aliphatic carbocycles. The fraction of sp³-hybridized carbons (Fsp3) is 0.0435. The van der Waals surface area contributed by atoms with Crippen molar-refractivity contribution < 1.29 is 10.2 Å². The third-order valence-corrected chi connectivity index (χ3v) is 5.84. The minimum atomic E-state index is 0.0779. The van der Waals surface area contributed by atoms with Crippen LogP contribution in [0, 0.1) is 0 Å². The van der Waals surface area contributed by atoms with Crippen molar-refractivity contribution in [1.82, 2.24) is 14.6 Å². The zero-order valence-corrected chi connectivity index (χ0v) is 16.2. The van der Waals surface area contributed by atoms with E-state index in [1.807, 2.05) is 30.3 Å². The first kappa shape index (κ1) is 17.5. The normalized spacial score (nSPS) is 11.2. The van der Waals surface area contributed by atoms with E-state index in [2.05, 4.69) is 33.7 Å². The van der Waals surface area contributed by atoms with Gasteiger partial charge in [0.15, 0.2) is 5.65 Å². The van der Waals surface area contributed by atoms with E-state index < -0.39 is 0 Å². The molecule has 29 heavy (non-hydrogen) atoms. The minimum Gasteiger partial charge on any atom is -0.508 e. The third kappa shape index (κ3) is 3.23. The second-order valence-electron chi connectivity index (χ2n) is 6.81. The lowest BCUT2D eigenvalue weighted by molar-refractivity contribution is 0.429. The molecule has 0 bridgehead atoms. The van der Waals surface area contributed by atoms with Crippen LogP contribution in [0.15, 0.2) is 78.4 Å². The van der Waals surface area contributed by atoms with Crippen molar-refractivity contribution in [2.75, 3.05) is 0 Å². The summed E-state index contributed by atoms with van der Waals surface area (Å²) in [5, 5.41) is 26.6. The highest BCUT2D eigenvalue weighted by Crippen LogP contribution is 2.35. The predicted molar refractivity (Wildman–Crippen MR) is 114 cm³/mol. The van der Waals surface area contributed by atoms with Gasteiger partial charge in [-0.15, -0.1) is 11.3 Å². The summed E-state index contributed by atoms with van der Waals surface area (Å²) in [5.74, 6) is 0.295. The number of fused-ring (bicyclic) bond motifs is 1. The number of nitrogens with zero attached hydrogens (tertiary/aromatic N) is 3.